The normalized spacial score (nSPS) is 15.9. The summed E-state index contributed by atoms with van der Waals surface area (Å²) >= 11 is 0. The van der Waals surface area contributed by atoms with Crippen LogP contribution in [0.2, 0.25) is 0 Å². The second-order valence-corrected chi connectivity index (χ2v) is 8.04. The van der Waals surface area contributed by atoms with Gasteiger partial charge in [-0.15, -0.1) is 0 Å². The Morgan fingerprint density at radius 1 is 1.25 bits per heavy atom. The van der Waals surface area contributed by atoms with Crippen LogP contribution in [0.4, 0.5) is 11.4 Å². The summed E-state index contributed by atoms with van der Waals surface area (Å²) in [6.07, 6.45) is -0.324. The average Bonchev–Trinajstić information content (AvgIpc) is 2.71. The van der Waals surface area contributed by atoms with Crippen molar-refractivity contribution in [3.05, 3.63) is 52.6 Å². The molecule has 2 aromatic carbocycles. The molecule has 0 spiro atoms. The number of anilines is 1. The lowest BCUT2D eigenvalue weighted by Gasteiger charge is -2.31. The first kappa shape index (κ1) is 19.9. The molecule has 28 heavy (non-hydrogen) atoms. The van der Waals surface area contributed by atoms with Gasteiger partial charge in [-0.1, -0.05) is 12.1 Å². The molecule has 0 radical (unpaired) electrons. The van der Waals surface area contributed by atoms with Gasteiger partial charge in [-0.2, -0.15) is 0 Å². The summed E-state index contributed by atoms with van der Waals surface area (Å²) in [6, 6.07) is 11.2. The molecule has 0 saturated heterocycles. The molecule has 1 atom stereocenters. The molecule has 1 aliphatic rings. The number of nitrogens with one attached hydrogen (secondary N) is 1. The molecule has 0 aliphatic carbocycles. The van der Waals surface area contributed by atoms with Crippen LogP contribution in [0.25, 0.3) is 0 Å². The molecule has 0 saturated carbocycles. The van der Waals surface area contributed by atoms with E-state index in [4.69, 9.17) is 9.47 Å². The maximum Gasteiger partial charge on any atom is 0.293 e. The van der Waals surface area contributed by atoms with Crippen LogP contribution in [0.1, 0.15) is 6.92 Å². The van der Waals surface area contributed by atoms with Gasteiger partial charge in [0.1, 0.15) is 12.3 Å². The summed E-state index contributed by atoms with van der Waals surface area (Å²) in [5.74, 6) is 1.29. The van der Waals surface area contributed by atoms with E-state index in [2.05, 4.69) is 4.72 Å². The smallest absolute Gasteiger partial charge is 0.293 e. The Balaban J connectivity index is 1.87. The first-order valence-electron chi connectivity index (χ1n) is 8.71. The van der Waals surface area contributed by atoms with Crippen molar-refractivity contribution in [2.75, 3.05) is 31.6 Å². The van der Waals surface area contributed by atoms with E-state index in [1.807, 2.05) is 25.1 Å². The first-order valence-corrected chi connectivity index (χ1v) is 10.2. The molecule has 1 N–H and O–H groups in total. The van der Waals surface area contributed by atoms with Crippen LogP contribution >= 0.6 is 0 Å². The van der Waals surface area contributed by atoms with Gasteiger partial charge in [0.15, 0.2) is 17.6 Å². The summed E-state index contributed by atoms with van der Waals surface area (Å²) < 4.78 is 37.8. The van der Waals surface area contributed by atoms with E-state index >= 15 is 0 Å². The number of rotatable bonds is 7. The van der Waals surface area contributed by atoms with Crippen LogP contribution in [0.3, 0.4) is 0 Å². The number of hydrogen-bond donors (Lipinski definition) is 1. The standard InChI is InChI=1S/C18H21N3O6S/c1-3-20(11-13-12-26-17-6-4-5-7-18(17)27-13)15-9-8-14(28(24,25)19-2)10-16(15)21(22)23/h4-10,13,19H,3,11-12H2,1-2H3/t13-/m1/s1. The Labute approximate surface area is 163 Å². The Kier molecular flexibility index (Phi) is 5.71. The number of para-hydroxylation sites is 2. The third-order valence-corrected chi connectivity index (χ3v) is 5.85. The van der Waals surface area contributed by atoms with E-state index in [1.165, 1.54) is 19.2 Å². The molecular formula is C18H21N3O6S. The number of nitro benzene ring substituents is 1. The maximum absolute atomic E-state index is 12.0. The van der Waals surface area contributed by atoms with Gasteiger partial charge >= 0.3 is 0 Å². The Hall–Kier alpha value is -2.85. The number of likely N-dealkylation sites (N-methyl/N-ethyl adjacent to an activating group) is 1. The van der Waals surface area contributed by atoms with Gasteiger partial charge in [0.05, 0.1) is 16.4 Å². The fraction of sp³-hybridized carbons (Fsp3) is 0.333. The topological polar surface area (TPSA) is 111 Å². The highest BCUT2D eigenvalue weighted by Crippen LogP contribution is 2.34. The van der Waals surface area contributed by atoms with Crippen molar-refractivity contribution >= 4 is 21.4 Å². The molecule has 0 fully saturated rings. The summed E-state index contributed by atoms with van der Waals surface area (Å²) in [7, 11) is -2.53. The highest BCUT2D eigenvalue weighted by Gasteiger charge is 2.27. The molecule has 9 nitrogen and oxygen atoms in total. The van der Waals surface area contributed by atoms with Crippen molar-refractivity contribution in [3.8, 4) is 11.5 Å². The SMILES string of the molecule is CCN(C[C@@H]1COc2ccccc2O1)c1ccc(S(=O)(=O)NC)cc1[N+](=O)[O-]. The van der Waals surface area contributed by atoms with E-state index in [0.29, 0.717) is 36.9 Å². The van der Waals surface area contributed by atoms with Gasteiger partial charge < -0.3 is 14.4 Å². The van der Waals surface area contributed by atoms with Crippen LogP contribution < -0.4 is 19.1 Å². The molecular weight excluding hydrogens is 386 g/mol. The highest BCUT2D eigenvalue weighted by molar-refractivity contribution is 7.89. The Morgan fingerprint density at radius 3 is 2.61 bits per heavy atom. The average molecular weight is 407 g/mol. The quantitative estimate of drug-likeness (QED) is 0.553. The molecule has 1 heterocycles. The monoisotopic (exact) mass is 407 g/mol. The predicted molar refractivity (Wildman–Crippen MR) is 104 cm³/mol. The highest BCUT2D eigenvalue weighted by atomic mass is 32.2. The van der Waals surface area contributed by atoms with E-state index < -0.39 is 14.9 Å². The van der Waals surface area contributed by atoms with E-state index in [1.54, 1.807) is 11.0 Å². The minimum Gasteiger partial charge on any atom is -0.486 e. The maximum atomic E-state index is 12.0. The minimum absolute atomic E-state index is 0.160. The Morgan fingerprint density at radius 2 is 1.96 bits per heavy atom. The van der Waals surface area contributed by atoms with Crippen LogP contribution in [0.5, 0.6) is 11.5 Å². The first-order chi connectivity index (χ1) is 13.4. The Bertz CT molecular complexity index is 979. The fourth-order valence-corrected chi connectivity index (χ4v) is 3.75. The lowest BCUT2D eigenvalue weighted by Crippen LogP contribution is -2.41. The number of hydrogen-bond acceptors (Lipinski definition) is 7. The third kappa shape index (κ3) is 4.02. The zero-order chi connectivity index (χ0) is 20.3. The summed E-state index contributed by atoms with van der Waals surface area (Å²) in [6.45, 7) is 3.00. The van der Waals surface area contributed by atoms with Crippen molar-refractivity contribution in [2.45, 2.75) is 17.9 Å². The van der Waals surface area contributed by atoms with Crippen LogP contribution in [-0.4, -0.2) is 46.2 Å². The van der Waals surface area contributed by atoms with Gasteiger partial charge in [-0.25, -0.2) is 13.1 Å². The molecule has 0 unspecified atom stereocenters. The van der Waals surface area contributed by atoms with Crippen molar-refractivity contribution in [3.63, 3.8) is 0 Å². The van der Waals surface area contributed by atoms with Crippen molar-refractivity contribution in [2.24, 2.45) is 0 Å². The molecule has 0 aromatic heterocycles. The number of sulfonamides is 1. The summed E-state index contributed by atoms with van der Waals surface area (Å²) in [5, 5.41) is 11.6. The van der Waals surface area contributed by atoms with Crippen molar-refractivity contribution < 1.29 is 22.8 Å². The second-order valence-electron chi connectivity index (χ2n) is 6.15. The van der Waals surface area contributed by atoms with Gasteiger partial charge in [-0.05, 0) is 38.2 Å². The summed E-state index contributed by atoms with van der Waals surface area (Å²) in [5.41, 5.74) is 0.0420. The molecule has 150 valence electrons. The number of nitrogens with zero attached hydrogens (tertiary/aromatic N) is 2. The third-order valence-electron chi connectivity index (χ3n) is 4.44. The number of nitro groups is 1. The van der Waals surface area contributed by atoms with Gasteiger partial charge in [-0.3, -0.25) is 10.1 Å². The zero-order valence-corrected chi connectivity index (χ0v) is 16.3. The number of ether oxygens (including phenoxy) is 2. The summed E-state index contributed by atoms with van der Waals surface area (Å²) in [4.78, 5) is 12.6. The van der Waals surface area contributed by atoms with Crippen molar-refractivity contribution in [1.82, 2.24) is 4.72 Å². The van der Waals surface area contributed by atoms with Crippen LogP contribution in [0.15, 0.2) is 47.4 Å². The molecule has 3 rings (SSSR count). The zero-order valence-electron chi connectivity index (χ0n) is 15.5. The molecule has 2 aromatic rings. The molecule has 0 bridgehead atoms. The molecule has 10 heteroatoms. The molecule has 1 aliphatic heterocycles. The van der Waals surface area contributed by atoms with Gasteiger partial charge in [0, 0.05) is 12.6 Å². The lowest BCUT2D eigenvalue weighted by molar-refractivity contribution is -0.384. The lowest BCUT2D eigenvalue weighted by atomic mass is 10.2. The van der Waals surface area contributed by atoms with Crippen LogP contribution in [-0.2, 0) is 10.0 Å². The number of fused-ring (bicyclic) bond motifs is 1. The largest absolute Gasteiger partial charge is 0.486 e. The van der Waals surface area contributed by atoms with Crippen LogP contribution in [0, 0.1) is 10.1 Å². The van der Waals surface area contributed by atoms with Gasteiger partial charge in [0.25, 0.3) is 5.69 Å². The second kappa shape index (κ2) is 8.03. The van der Waals surface area contributed by atoms with E-state index in [9.17, 15) is 18.5 Å². The fourth-order valence-electron chi connectivity index (χ4n) is 3.00. The minimum atomic E-state index is -3.78. The number of benzene rings is 2. The van der Waals surface area contributed by atoms with Crippen molar-refractivity contribution in [1.29, 1.82) is 0 Å². The van der Waals surface area contributed by atoms with E-state index in [0.717, 1.165) is 6.07 Å². The van der Waals surface area contributed by atoms with E-state index in [-0.39, 0.29) is 16.7 Å². The van der Waals surface area contributed by atoms with Gasteiger partial charge in [0.2, 0.25) is 10.0 Å². The predicted octanol–water partition coefficient (Wildman–Crippen LogP) is 2.17. The molecule has 0 amide bonds.